The van der Waals surface area contributed by atoms with Gasteiger partial charge in [0, 0.05) is 0 Å². The Kier molecular flexibility index (Phi) is 5.22. The van der Waals surface area contributed by atoms with E-state index in [1.54, 1.807) is 63.2 Å². The average Bonchev–Trinajstić information content (AvgIpc) is 2.29. The molecule has 0 unspecified atom stereocenters. The van der Waals surface area contributed by atoms with E-state index >= 15 is 0 Å². The second-order valence-corrected chi connectivity index (χ2v) is 7.96. The van der Waals surface area contributed by atoms with E-state index in [9.17, 15) is 0 Å². The van der Waals surface area contributed by atoms with Crippen LogP contribution in [0.1, 0.15) is 38.5 Å². The van der Waals surface area contributed by atoms with Gasteiger partial charge in [0.05, 0.1) is 0 Å². The third kappa shape index (κ3) is 3.79. The fourth-order valence-electron chi connectivity index (χ4n) is 2.81. The largest absolute Gasteiger partial charge is 0.122 e. The lowest BCUT2D eigenvalue weighted by Crippen LogP contribution is -2.13. The molecule has 0 saturated carbocycles. The summed E-state index contributed by atoms with van der Waals surface area (Å²) in [6, 6.07) is 0. The first-order valence-electron chi connectivity index (χ1n) is 6.36. The van der Waals surface area contributed by atoms with Gasteiger partial charge in [0.1, 0.15) is 0 Å². The number of hydrogen-bond acceptors (Lipinski definition) is 0. The van der Waals surface area contributed by atoms with Gasteiger partial charge in [-0.15, -0.1) is 17.2 Å². The first-order chi connectivity index (χ1) is 6.95. The highest BCUT2D eigenvalue weighted by atomic mass is 31.1. The van der Waals surface area contributed by atoms with Crippen molar-refractivity contribution < 1.29 is 0 Å². The molecule has 2 heterocycles. The van der Waals surface area contributed by atoms with Crippen LogP contribution < -0.4 is 0 Å². The smallest absolute Gasteiger partial charge is 0.0351 e. The third-order valence-corrected chi connectivity index (χ3v) is 6.47. The fraction of sp³-hybridized carbons (Fsp3) is 1.00. The van der Waals surface area contributed by atoms with Gasteiger partial charge in [-0.1, -0.05) is 12.8 Å². The molecule has 0 aromatic rings. The Bertz CT molecular complexity index is 128. The summed E-state index contributed by atoms with van der Waals surface area (Å²) in [6.07, 6.45) is 15.6. The van der Waals surface area contributed by atoms with Gasteiger partial charge in [-0.2, -0.15) is 0 Å². The summed E-state index contributed by atoms with van der Waals surface area (Å²) in [5.74, 6) is 2.25. The standard InChI is InChI=1S/C12H24P2/c1(11-3-7-13-8-4-11)2-12-5-9-14-10-6-12/h11-14H,1-10H2. The van der Waals surface area contributed by atoms with Crippen LogP contribution in [0.4, 0.5) is 0 Å². The Balaban J connectivity index is 1.60. The molecule has 14 heavy (non-hydrogen) atoms. The van der Waals surface area contributed by atoms with Crippen molar-refractivity contribution in [3.8, 4) is 0 Å². The third-order valence-electron chi connectivity index (χ3n) is 3.90. The van der Waals surface area contributed by atoms with Gasteiger partial charge in [0.2, 0.25) is 0 Å². The molecular formula is C12H24P2. The van der Waals surface area contributed by atoms with Crippen molar-refractivity contribution in [2.24, 2.45) is 11.8 Å². The zero-order valence-corrected chi connectivity index (χ0v) is 11.2. The van der Waals surface area contributed by atoms with Crippen molar-refractivity contribution in [2.45, 2.75) is 38.5 Å². The minimum absolute atomic E-state index is 1.13. The summed E-state index contributed by atoms with van der Waals surface area (Å²) >= 11 is 0. The van der Waals surface area contributed by atoms with Crippen molar-refractivity contribution >= 4 is 17.2 Å². The molecule has 2 rings (SSSR count). The molecule has 0 spiro atoms. The SMILES string of the molecule is C1CC(CCC2CCPCC2)CCP1. The van der Waals surface area contributed by atoms with Gasteiger partial charge >= 0.3 is 0 Å². The van der Waals surface area contributed by atoms with Gasteiger partial charge in [0.15, 0.2) is 0 Å². The Morgan fingerprint density at radius 2 is 1.00 bits per heavy atom. The van der Waals surface area contributed by atoms with Crippen molar-refractivity contribution in [2.75, 3.05) is 24.6 Å². The van der Waals surface area contributed by atoms with Crippen molar-refractivity contribution in [1.29, 1.82) is 0 Å². The molecule has 2 aliphatic heterocycles. The van der Waals surface area contributed by atoms with Crippen molar-refractivity contribution in [1.82, 2.24) is 0 Å². The molecule has 0 aromatic carbocycles. The zero-order chi connectivity index (χ0) is 9.64. The second kappa shape index (κ2) is 6.44. The minimum atomic E-state index is 1.13. The summed E-state index contributed by atoms with van der Waals surface area (Å²) in [4.78, 5) is 0. The lowest BCUT2D eigenvalue weighted by atomic mass is 9.89. The van der Waals surface area contributed by atoms with E-state index in [1.807, 2.05) is 0 Å². The zero-order valence-electron chi connectivity index (χ0n) is 9.23. The molecule has 82 valence electrons. The van der Waals surface area contributed by atoms with Crippen LogP contribution in [-0.2, 0) is 0 Å². The van der Waals surface area contributed by atoms with Gasteiger partial charge in [-0.05, 0) is 62.2 Å². The van der Waals surface area contributed by atoms with Crippen LogP contribution >= 0.6 is 17.2 Å². The lowest BCUT2D eigenvalue weighted by molar-refractivity contribution is 0.360. The van der Waals surface area contributed by atoms with Gasteiger partial charge in [-0.3, -0.25) is 0 Å². The summed E-state index contributed by atoms with van der Waals surface area (Å²) in [6.45, 7) is 0. The van der Waals surface area contributed by atoms with Crippen LogP contribution in [0, 0.1) is 11.8 Å². The maximum atomic E-state index is 1.57. The van der Waals surface area contributed by atoms with E-state index in [4.69, 9.17) is 0 Å². The molecule has 0 nitrogen and oxygen atoms in total. The second-order valence-electron chi connectivity index (χ2n) is 4.96. The summed E-state index contributed by atoms with van der Waals surface area (Å²) in [5.41, 5.74) is 0. The van der Waals surface area contributed by atoms with Crippen LogP contribution in [0.5, 0.6) is 0 Å². The monoisotopic (exact) mass is 230 g/mol. The van der Waals surface area contributed by atoms with E-state index in [-0.39, 0.29) is 0 Å². The molecule has 0 N–H and O–H groups in total. The normalized spacial score (nSPS) is 37.7. The van der Waals surface area contributed by atoms with Crippen LogP contribution in [0.15, 0.2) is 0 Å². The first kappa shape index (κ1) is 11.3. The molecule has 0 atom stereocenters. The summed E-state index contributed by atoms with van der Waals surface area (Å²) < 4.78 is 0. The molecule has 2 aliphatic rings. The van der Waals surface area contributed by atoms with E-state index in [2.05, 4.69) is 0 Å². The van der Waals surface area contributed by atoms with Gasteiger partial charge in [0.25, 0.3) is 0 Å². The van der Waals surface area contributed by atoms with Crippen LogP contribution in [0.2, 0.25) is 0 Å². The highest BCUT2D eigenvalue weighted by Crippen LogP contribution is 2.34. The predicted octanol–water partition coefficient (Wildman–Crippen LogP) is 3.94. The minimum Gasteiger partial charge on any atom is -0.122 e. The van der Waals surface area contributed by atoms with E-state index in [0.717, 1.165) is 11.8 Å². The van der Waals surface area contributed by atoms with E-state index in [0.29, 0.717) is 0 Å². The molecule has 2 fully saturated rings. The number of rotatable bonds is 3. The summed E-state index contributed by atoms with van der Waals surface area (Å²) in [5, 5.41) is 0. The Hall–Kier alpha value is 0.860. The Morgan fingerprint density at radius 3 is 1.36 bits per heavy atom. The molecule has 0 bridgehead atoms. The average molecular weight is 230 g/mol. The fourth-order valence-corrected chi connectivity index (χ4v) is 5.76. The molecule has 0 amide bonds. The first-order valence-corrected chi connectivity index (χ1v) is 9.19. The Labute approximate surface area is 92.6 Å². The number of hydrogen-bond donors (Lipinski definition) is 0. The van der Waals surface area contributed by atoms with E-state index in [1.165, 1.54) is 17.2 Å². The highest BCUT2D eigenvalue weighted by molar-refractivity contribution is 7.38. The Morgan fingerprint density at radius 1 is 0.643 bits per heavy atom. The molecule has 0 radical (unpaired) electrons. The van der Waals surface area contributed by atoms with Crippen molar-refractivity contribution in [3.63, 3.8) is 0 Å². The van der Waals surface area contributed by atoms with Gasteiger partial charge < -0.3 is 0 Å². The maximum Gasteiger partial charge on any atom is -0.0351 e. The predicted molar refractivity (Wildman–Crippen MR) is 70.8 cm³/mol. The topological polar surface area (TPSA) is 0 Å². The molecule has 2 heteroatoms. The molecular weight excluding hydrogens is 206 g/mol. The summed E-state index contributed by atoms with van der Waals surface area (Å²) in [7, 11) is 2.60. The highest BCUT2D eigenvalue weighted by Gasteiger charge is 2.17. The van der Waals surface area contributed by atoms with Crippen LogP contribution in [0.3, 0.4) is 0 Å². The molecule has 2 saturated heterocycles. The molecule has 0 aromatic heterocycles. The van der Waals surface area contributed by atoms with E-state index < -0.39 is 0 Å². The van der Waals surface area contributed by atoms with Crippen LogP contribution in [0.25, 0.3) is 0 Å². The van der Waals surface area contributed by atoms with Gasteiger partial charge in [-0.25, -0.2) is 0 Å². The van der Waals surface area contributed by atoms with Crippen LogP contribution in [-0.4, -0.2) is 24.6 Å². The lowest BCUT2D eigenvalue weighted by Gasteiger charge is -2.26. The van der Waals surface area contributed by atoms with Crippen molar-refractivity contribution in [3.05, 3.63) is 0 Å². The quantitative estimate of drug-likeness (QED) is 0.644. The maximum absolute atomic E-state index is 1.57. The molecule has 0 aliphatic carbocycles.